The van der Waals surface area contributed by atoms with Gasteiger partial charge in [-0.3, -0.25) is 0 Å². The van der Waals surface area contributed by atoms with Gasteiger partial charge in [0, 0.05) is 6.54 Å². The molecule has 0 bridgehead atoms. The van der Waals surface area contributed by atoms with E-state index < -0.39 is 0 Å². The van der Waals surface area contributed by atoms with Crippen molar-refractivity contribution in [2.24, 2.45) is 0 Å². The number of nitrogens with zero attached hydrogens (tertiary/aromatic N) is 1. The summed E-state index contributed by atoms with van der Waals surface area (Å²) in [5.41, 5.74) is 12.3. The van der Waals surface area contributed by atoms with Crippen LogP contribution in [-0.4, -0.2) is 19.0 Å². The van der Waals surface area contributed by atoms with Crippen molar-refractivity contribution in [1.82, 2.24) is 4.90 Å². The monoisotopic (exact) mass is 423 g/mol. The van der Waals surface area contributed by atoms with Gasteiger partial charge in [0.1, 0.15) is 0 Å². The van der Waals surface area contributed by atoms with E-state index in [1.54, 1.807) is 0 Å². The Balaban J connectivity index is 1.75. The standard InChI is InChI=1S/C32H25N/c1-33(2)20-22-11-9-15-26-24-13-5-7-16-28(24)32(30(22)26)29-17-8-6-14-25(29)27-19-18-21-10-3-4-12-23(21)31(27)32/h3-19H,20H2,1-2H3. The Morgan fingerprint density at radius 1 is 0.545 bits per heavy atom. The van der Waals surface area contributed by atoms with Crippen LogP contribution in [0.25, 0.3) is 33.0 Å². The van der Waals surface area contributed by atoms with E-state index in [0.29, 0.717) is 0 Å². The first-order chi connectivity index (χ1) is 16.2. The van der Waals surface area contributed by atoms with Crippen LogP contribution in [0.1, 0.15) is 27.8 Å². The summed E-state index contributed by atoms with van der Waals surface area (Å²) in [4.78, 5) is 2.29. The highest BCUT2D eigenvalue weighted by Gasteiger charge is 2.53. The molecule has 1 atom stereocenters. The van der Waals surface area contributed by atoms with Gasteiger partial charge in [-0.05, 0) is 74.9 Å². The second kappa shape index (κ2) is 6.66. The normalized spacial score (nSPS) is 17.3. The first kappa shape index (κ1) is 18.8. The molecule has 2 aliphatic rings. The molecule has 2 aliphatic carbocycles. The van der Waals surface area contributed by atoms with Gasteiger partial charge in [0.05, 0.1) is 5.41 Å². The molecular formula is C32H25N. The number of benzene rings is 5. The molecule has 0 fully saturated rings. The minimum atomic E-state index is -0.300. The third kappa shape index (κ3) is 2.30. The van der Waals surface area contributed by atoms with Crippen molar-refractivity contribution in [3.63, 3.8) is 0 Å². The van der Waals surface area contributed by atoms with Crippen LogP contribution >= 0.6 is 0 Å². The Hall–Kier alpha value is -3.68. The molecule has 1 unspecified atom stereocenters. The summed E-state index contributed by atoms with van der Waals surface area (Å²) in [6.07, 6.45) is 0. The molecule has 1 spiro atoms. The molecule has 1 heteroatoms. The Bertz CT molecular complexity index is 1560. The van der Waals surface area contributed by atoms with Crippen LogP contribution in [0.2, 0.25) is 0 Å². The van der Waals surface area contributed by atoms with Crippen LogP contribution in [0.4, 0.5) is 0 Å². The molecule has 0 amide bonds. The van der Waals surface area contributed by atoms with Crippen molar-refractivity contribution in [2.45, 2.75) is 12.0 Å². The lowest BCUT2D eigenvalue weighted by molar-refractivity contribution is 0.400. The lowest BCUT2D eigenvalue weighted by Crippen LogP contribution is -2.28. The van der Waals surface area contributed by atoms with E-state index in [9.17, 15) is 0 Å². The van der Waals surface area contributed by atoms with Crippen molar-refractivity contribution >= 4 is 10.8 Å². The molecule has 7 rings (SSSR count). The molecule has 5 aromatic rings. The highest BCUT2D eigenvalue weighted by atomic mass is 15.0. The molecule has 0 heterocycles. The van der Waals surface area contributed by atoms with E-state index in [1.165, 1.54) is 60.8 Å². The van der Waals surface area contributed by atoms with Crippen LogP contribution in [0.5, 0.6) is 0 Å². The Kier molecular flexibility index (Phi) is 3.81. The molecule has 0 saturated carbocycles. The molecule has 0 radical (unpaired) electrons. The summed E-state index contributed by atoms with van der Waals surface area (Å²) < 4.78 is 0. The largest absolute Gasteiger partial charge is 0.305 e. The van der Waals surface area contributed by atoms with Gasteiger partial charge >= 0.3 is 0 Å². The summed E-state index contributed by atoms with van der Waals surface area (Å²) in [6, 6.07) is 38.6. The van der Waals surface area contributed by atoms with Gasteiger partial charge < -0.3 is 4.90 Å². The van der Waals surface area contributed by atoms with Crippen molar-refractivity contribution in [1.29, 1.82) is 0 Å². The van der Waals surface area contributed by atoms with Gasteiger partial charge in [-0.1, -0.05) is 103 Å². The van der Waals surface area contributed by atoms with Crippen LogP contribution < -0.4 is 0 Å². The minimum absolute atomic E-state index is 0.300. The van der Waals surface area contributed by atoms with E-state index in [1.807, 2.05) is 0 Å². The average Bonchev–Trinajstić information content (AvgIpc) is 3.32. The zero-order chi connectivity index (χ0) is 22.2. The maximum Gasteiger partial charge on any atom is 0.0734 e. The van der Waals surface area contributed by atoms with E-state index in [4.69, 9.17) is 0 Å². The average molecular weight is 424 g/mol. The summed E-state index contributed by atoms with van der Waals surface area (Å²) in [6.45, 7) is 0.918. The first-order valence-corrected chi connectivity index (χ1v) is 11.7. The van der Waals surface area contributed by atoms with Gasteiger partial charge in [-0.25, -0.2) is 0 Å². The van der Waals surface area contributed by atoms with E-state index in [0.717, 1.165) is 6.54 Å². The van der Waals surface area contributed by atoms with E-state index in [-0.39, 0.29) is 5.41 Å². The molecule has 0 aromatic heterocycles. The van der Waals surface area contributed by atoms with Crippen molar-refractivity contribution in [2.75, 3.05) is 14.1 Å². The lowest BCUT2D eigenvalue weighted by atomic mass is 9.68. The van der Waals surface area contributed by atoms with Gasteiger partial charge in [0.25, 0.3) is 0 Å². The number of hydrogen-bond donors (Lipinski definition) is 0. The van der Waals surface area contributed by atoms with Gasteiger partial charge in [-0.2, -0.15) is 0 Å². The van der Waals surface area contributed by atoms with E-state index >= 15 is 0 Å². The van der Waals surface area contributed by atoms with Crippen molar-refractivity contribution < 1.29 is 0 Å². The van der Waals surface area contributed by atoms with Crippen molar-refractivity contribution in [3.8, 4) is 22.3 Å². The highest BCUT2D eigenvalue weighted by molar-refractivity contribution is 6.03. The molecular weight excluding hydrogens is 398 g/mol. The third-order valence-electron chi connectivity index (χ3n) is 7.56. The predicted molar refractivity (Wildman–Crippen MR) is 138 cm³/mol. The number of hydrogen-bond acceptors (Lipinski definition) is 1. The summed E-state index contributed by atoms with van der Waals surface area (Å²) in [7, 11) is 4.33. The van der Waals surface area contributed by atoms with Crippen LogP contribution in [0.3, 0.4) is 0 Å². The fraction of sp³-hybridized carbons (Fsp3) is 0.125. The van der Waals surface area contributed by atoms with Gasteiger partial charge in [0.15, 0.2) is 0 Å². The summed E-state index contributed by atoms with van der Waals surface area (Å²) >= 11 is 0. The summed E-state index contributed by atoms with van der Waals surface area (Å²) in [5.74, 6) is 0. The molecule has 0 aliphatic heterocycles. The fourth-order valence-corrected chi connectivity index (χ4v) is 6.54. The minimum Gasteiger partial charge on any atom is -0.305 e. The third-order valence-corrected chi connectivity index (χ3v) is 7.56. The molecule has 158 valence electrons. The quantitative estimate of drug-likeness (QED) is 0.283. The first-order valence-electron chi connectivity index (χ1n) is 11.7. The number of fused-ring (bicyclic) bond motifs is 12. The highest BCUT2D eigenvalue weighted by Crippen LogP contribution is 2.64. The maximum atomic E-state index is 2.36. The molecule has 33 heavy (non-hydrogen) atoms. The zero-order valence-electron chi connectivity index (χ0n) is 19.0. The van der Waals surface area contributed by atoms with Gasteiger partial charge in [-0.15, -0.1) is 0 Å². The topological polar surface area (TPSA) is 3.24 Å². The lowest BCUT2D eigenvalue weighted by Gasteiger charge is -2.33. The molecule has 0 saturated heterocycles. The second-order valence-electron chi connectivity index (χ2n) is 9.63. The van der Waals surface area contributed by atoms with Crippen LogP contribution in [-0.2, 0) is 12.0 Å². The van der Waals surface area contributed by atoms with Gasteiger partial charge in [0.2, 0.25) is 0 Å². The second-order valence-corrected chi connectivity index (χ2v) is 9.63. The Morgan fingerprint density at radius 2 is 1.15 bits per heavy atom. The maximum absolute atomic E-state index is 2.36. The Morgan fingerprint density at radius 3 is 1.88 bits per heavy atom. The number of rotatable bonds is 2. The van der Waals surface area contributed by atoms with Crippen LogP contribution in [0.15, 0.2) is 103 Å². The fourth-order valence-electron chi connectivity index (χ4n) is 6.54. The summed E-state index contributed by atoms with van der Waals surface area (Å²) in [5, 5.41) is 2.66. The molecule has 0 N–H and O–H groups in total. The van der Waals surface area contributed by atoms with Crippen molar-refractivity contribution in [3.05, 3.63) is 131 Å². The zero-order valence-corrected chi connectivity index (χ0v) is 19.0. The Labute approximate surface area is 194 Å². The SMILES string of the molecule is CN(C)Cc1cccc2c1C1(c3ccccc3-2)c2ccccc2-c2ccc3ccccc3c21. The smallest absolute Gasteiger partial charge is 0.0734 e. The van der Waals surface area contributed by atoms with Crippen LogP contribution in [0, 0.1) is 0 Å². The molecule has 5 aromatic carbocycles. The molecule has 1 nitrogen and oxygen atoms in total. The predicted octanol–water partition coefficient (Wildman–Crippen LogP) is 7.24. The van der Waals surface area contributed by atoms with E-state index in [2.05, 4.69) is 122 Å².